The molecule has 3 N–H and O–H groups in total. The minimum atomic E-state index is -3.83. The van der Waals surface area contributed by atoms with Crippen LogP contribution in [0.25, 0.3) is 11.4 Å². The van der Waals surface area contributed by atoms with Gasteiger partial charge in [0.05, 0.1) is 16.5 Å². The number of nitrogens with zero attached hydrogens (tertiary/aromatic N) is 3. The predicted octanol–water partition coefficient (Wildman–Crippen LogP) is 1.60. The van der Waals surface area contributed by atoms with Gasteiger partial charge in [0.2, 0.25) is 15.8 Å². The SMILES string of the molecule is CC(C)(C)CC(CO)NS(=O)(=O)c1ccc(Cl)c(-c2nn[nH]n2)c1. The summed E-state index contributed by atoms with van der Waals surface area (Å²) in [6, 6.07) is 3.64. The molecule has 0 spiro atoms. The molecule has 10 heteroatoms. The van der Waals surface area contributed by atoms with Crippen LogP contribution >= 0.6 is 11.6 Å². The van der Waals surface area contributed by atoms with Gasteiger partial charge >= 0.3 is 0 Å². The van der Waals surface area contributed by atoms with Crippen molar-refractivity contribution in [2.45, 2.75) is 38.1 Å². The standard InChI is InChI=1S/C14H20ClN5O3S/c1-14(2,3)7-9(8-21)18-24(22,23)10-4-5-12(15)11(6-10)13-16-19-20-17-13/h4-6,9,18,21H,7-8H2,1-3H3,(H,16,17,19,20). The second kappa shape index (κ2) is 7.14. The Morgan fingerprint density at radius 2 is 2.08 bits per heavy atom. The van der Waals surface area contributed by atoms with Crippen LogP contribution in [0.3, 0.4) is 0 Å². The molecule has 0 saturated heterocycles. The molecule has 2 rings (SSSR count). The fraction of sp³-hybridized carbons (Fsp3) is 0.500. The highest BCUT2D eigenvalue weighted by Crippen LogP contribution is 2.28. The number of benzene rings is 1. The quantitative estimate of drug-likeness (QED) is 0.707. The highest BCUT2D eigenvalue weighted by atomic mass is 35.5. The van der Waals surface area contributed by atoms with E-state index < -0.39 is 16.1 Å². The Bertz CT molecular complexity index is 787. The van der Waals surface area contributed by atoms with E-state index in [0.717, 1.165) is 0 Å². The molecule has 1 atom stereocenters. The second-order valence-electron chi connectivity index (χ2n) is 6.64. The fourth-order valence-electron chi connectivity index (χ4n) is 2.29. The topological polar surface area (TPSA) is 121 Å². The van der Waals surface area contributed by atoms with E-state index in [1.807, 2.05) is 20.8 Å². The van der Waals surface area contributed by atoms with Crippen LogP contribution in [-0.4, -0.2) is 46.8 Å². The van der Waals surface area contributed by atoms with E-state index in [0.29, 0.717) is 17.0 Å². The first-order valence-electron chi connectivity index (χ1n) is 7.29. The van der Waals surface area contributed by atoms with Crippen molar-refractivity contribution in [2.24, 2.45) is 5.41 Å². The summed E-state index contributed by atoms with van der Waals surface area (Å²) in [5.41, 5.74) is 0.218. The lowest BCUT2D eigenvalue weighted by Crippen LogP contribution is -2.39. The highest BCUT2D eigenvalue weighted by molar-refractivity contribution is 7.89. The van der Waals surface area contributed by atoms with E-state index in [1.165, 1.54) is 18.2 Å². The Balaban J connectivity index is 2.31. The molecule has 0 aliphatic heterocycles. The average Bonchev–Trinajstić information content (AvgIpc) is 2.99. The number of rotatable bonds is 6. The normalized spacial score (nSPS) is 13.9. The van der Waals surface area contributed by atoms with Crippen molar-refractivity contribution in [3.63, 3.8) is 0 Å². The molecule has 1 unspecified atom stereocenters. The first kappa shape index (κ1) is 18.8. The smallest absolute Gasteiger partial charge is 0.240 e. The molecular formula is C14H20ClN5O3S. The summed E-state index contributed by atoms with van der Waals surface area (Å²) in [4.78, 5) is 0.0130. The minimum absolute atomic E-state index is 0.0130. The van der Waals surface area contributed by atoms with Crippen LogP contribution < -0.4 is 4.72 Å². The number of H-pyrrole nitrogens is 1. The molecule has 0 fully saturated rings. The van der Waals surface area contributed by atoms with Gasteiger partial charge in [-0.05, 0) is 35.2 Å². The molecule has 0 aliphatic carbocycles. The molecule has 132 valence electrons. The number of aliphatic hydroxyl groups is 1. The maximum absolute atomic E-state index is 12.6. The van der Waals surface area contributed by atoms with Gasteiger partial charge in [0, 0.05) is 11.6 Å². The highest BCUT2D eigenvalue weighted by Gasteiger charge is 2.25. The van der Waals surface area contributed by atoms with Gasteiger partial charge in [-0.2, -0.15) is 5.21 Å². The third-order valence-electron chi connectivity index (χ3n) is 3.24. The summed E-state index contributed by atoms with van der Waals surface area (Å²) in [5, 5.41) is 23.1. The summed E-state index contributed by atoms with van der Waals surface area (Å²) >= 11 is 6.08. The van der Waals surface area contributed by atoms with Gasteiger partial charge in [0.25, 0.3) is 0 Å². The van der Waals surface area contributed by atoms with E-state index >= 15 is 0 Å². The van der Waals surface area contributed by atoms with Crippen LogP contribution in [0, 0.1) is 5.41 Å². The van der Waals surface area contributed by atoms with Gasteiger partial charge in [0.1, 0.15) is 0 Å². The number of aliphatic hydroxyl groups excluding tert-OH is 1. The number of aromatic amines is 1. The van der Waals surface area contributed by atoms with Crippen molar-refractivity contribution in [1.29, 1.82) is 0 Å². The summed E-state index contributed by atoms with van der Waals surface area (Å²) in [7, 11) is -3.83. The molecule has 1 aromatic carbocycles. The Hall–Kier alpha value is -1.55. The van der Waals surface area contributed by atoms with Crippen LogP contribution in [0.15, 0.2) is 23.1 Å². The molecule has 0 amide bonds. The average molecular weight is 374 g/mol. The van der Waals surface area contributed by atoms with Crippen LogP contribution in [0.4, 0.5) is 0 Å². The van der Waals surface area contributed by atoms with E-state index in [1.54, 1.807) is 0 Å². The van der Waals surface area contributed by atoms with Crippen molar-refractivity contribution in [1.82, 2.24) is 25.3 Å². The van der Waals surface area contributed by atoms with Crippen LogP contribution in [0.5, 0.6) is 0 Å². The number of aromatic nitrogens is 4. The maximum atomic E-state index is 12.6. The van der Waals surface area contributed by atoms with Crippen LogP contribution in [0.2, 0.25) is 5.02 Å². The lowest BCUT2D eigenvalue weighted by Gasteiger charge is -2.25. The second-order valence-corrected chi connectivity index (χ2v) is 8.76. The Morgan fingerprint density at radius 1 is 1.38 bits per heavy atom. The Kier molecular flexibility index (Phi) is 5.59. The summed E-state index contributed by atoms with van der Waals surface area (Å²) in [6.45, 7) is 5.63. The van der Waals surface area contributed by atoms with Gasteiger partial charge in [-0.1, -0.05) is 32.4 Å². The molecule has 0 bridgehead atoms. The van der Waals surface area contributed by atoms with E-state index in [4.69, 9.17) is 11.6 Å². The van der Waals surface area contributed by atoms with Crippen molar-refractivity contribution < 1.29 is 13.5 Å². The van der Waals surface area contributed by atoms with Crippen molar-refractivity contribution in [3.05, 3.63) is 23.2 Å². The number of sulfonamides is 1. The predicted molar refractivity (Wildman–Crippen MR) is 89.9 cm³/mol. The van der Waals surface area contributed by atoms with Crippen molar-refractivity contribution in [3.8, 4) is 11.4 Å². The monoisotopic (exact) mass is 373 g/mol. The Labute approximate surface area is 145 Å². The van der Waals surface area contributed by atoms with Gasteiger partial charge in [-0.15, -0.1) is 10.2 Å². The number of nitrogens with one attached hydrogen (secondary N) is 2. The van der Waals surface area contributed by atoms with E-state index in [9.17, 15) is 13.5 Å². The molecule has 8 nitrogen and oxygen atoms in total. The summed E-state index contributed by atoms with van der Waals surface area (Å²) < 4.78 is 27.7. The van der Waals surface area contributed by atoms with Gasteiger partial charge in [0.15, 0.2) is 0 Å². The molecule has 24 heavy (non-hydrogen) atoms. The molecular weight excluding hydrogens is 354 g/mol. The van der Waals surface area contributed by atoms with Gasteiger partial charge in [-0.3, -0.25) is 0 Å². The Morgan fingerprint density at radius 3 is 2.62 bits per heavy atom. The van der Waals surface area contributed by atoms with Crippen LogP contribution in [0.1, 0.15) is 27.2 Å². The van der Waals surface area contributed by atoms with Crippen molar-refractivity contribution >= 4 is 21.6 Å². The molecule has 2 aromatic rings. The largest absolute Gasteiger partial charge is 0.395 e. The minimum Gasteiger partial charge on any atom is -0.395 e. The lowest BCUT2D eigenvalue weighted by atomic mass is 9.89. The molecule has 0 aliphatic rings. The molecule has 0 radical (unpaired) electrons. The van der Waals surface area contributed by atoms with E-state index in [-0.39, 0.29) is 22.7 Å². The summed E-state index contributed by atoms with van der Waals surface area (Å²) in [6.07, 6.45) is 0.494. The number of hydrogen-bond donors (Lipinski definition) is 3. The lowest BCUT2D eigenvalue weighted by molar-refractivity contribution is 0.214. The zero-order chi connectivity index (χ0) is 18.0. The molecule has 0 saturated carbocycles. The van der Waals surface area contributed by atoms with E-state index in [2.05, 4.69) is 25.3 Å². The first-order chi connectivity index (χ1) is 11.1. The zero-order valence-corrected chi connectivity index (χ0v) is 15.2. The van der Waals surface area contributed by atoms with Gasteiger partial charge in [-0.25, -0.2) is 13.1 Å². The zero-order valence-electron chi connectivity index (χ0n) is 13.6. The van der Waals surface area contributed by atoms with Crippen LogP contribution in [-0.2, 0) is 10.0 Å². The number of halogens is 1. The summed E-state index contributed by atoms with van der Waals surface area (Å²) in [5.74, 6) is 0.199. The molecule has 1 aromatic heterocycles. The van der Waals surface area contributed by atoms with Gasteiger partial charge < -0.3 is 5.11 Å². The number of hydrogen-bond acceptors (Lipinski definition) is 6. The maximum Gasteiger partial charge on any atom is 0.240 e. The first-order valence-corrected chi connectivity index (χ1v) is 9.15. The van der Waals surface area contributed by atoms with Crippen molar-refractivity contribution in [2.75, 3.05) is 6.61 Å². The number of tetrazole rings is 1. The molecule has 1 heterocycles. The fourth-order valence-corrected chi connectivity index (χ4v) is 3.74. The third kappa shape index (κ3) is 4.73. The third-order valence-corrected chi connectivity index (χ3v) is 5.08.